The van der Waals surface area contributed by atoms with Crippen LogP contribution in [0, 0.1) is 6.92 Å². The molecule has 0 saturated heterocycles. The largest absolute Gasteiger partial charge is 0.494 e. The molecule has 0 spiro atoms. The highest BCUT2D eigenvalue weighted by molar-refractivity contribution is 7.22. The van der Waals surface area contributed by atoms with Crippen LogP contribution >= 0.6 is 11.3 Å². The van der Waals surface area contributed by atoms with Crippen molar-refractivity contribution in [1.82, 2.24) is 9.97 Å². The number of pyridine rings is 1. The molecule has 0 unspecified atom stereocenters. The third-order valence-corrected chi connectivity index (χ3v) is 6.20. The molecular formula is C24H21N3O4S. The molecule has 0 saturated carbocycles. The van der Waals surface area contributed by atoms with Crippen LogP contribution in [0.3, 0.4) is 0 Å². The van der Waals surface area contributed by atoms with Crippen LogP contribution in [0.1, 0.15) is 32.0 Å². The molecule has 4 aromatic rings. The molecule has 32 heavy (non-hydrogen) atoms. The van der Waals surface area contributed by atoms with Crippen molar-refractivity contribution >= 4 is 38.6 Å². The van der Waals surface area contributed by atoms with Crippen LogP contribution in [-0.2, 0) is 11.3 Å². The van der Waals surface area contributed by atoms with Crippen molar-refractivity contribution in [1.29, 1.82) is 0 Å². The lowest BCUT2D eigenvalue weighted by molar-refractivity contribution is 0.0600. The predicted molar refractivity (Wildman–Crippen MR) is 123 cm³/mol. The van der Waals surface area contributed by atoms with Crippen molar-refractivity contribution < 1.29 is 19.1 Å². The second-order valence-electron chi connectivity index (χ2n) is 7.04. The standard InChI is InChI=1S/C24H21N3O4S/c1-15-7-12-19(30-2)20-21(15)32-24(26-20)27(14-18-6-4-5-13-25-18)22(28)16-8-10-17(11-9-16)23(29)31-3/h4-13H,14H2,1-3H3. The summed E-state index contributed by atoms with van der Waals surface area (Å²) in [6, 6.07) is 15.8. The molecular weight excluding hydrogens is 426 g/mol. The van der Waals surface area contributed by atoms with E-state index in [1.807, 2.05) is 37.3 Å². The summed E-state index contributed by atoms with van der Waals surface area (Å²) in [4.78, 5) is 36.0. The highest BCUT2D eigenvalue weighted by Gasteiger charge is 2.24. The van der Waals surface area contributed by atoms with Gasteiger partial charge in [-0.05, 0) is 55.0 Å². The molecule has 0 bridgehead atoms. The number of nitrogens with zero attached hydrogens (tertiary/aromatic N) is 3. The minimum absolute atomic E-state index is 0.247. The van der Waals surface area contributed by atoms with Gasteiger partial charge in [0.15, 0.2) is 5.13 Å². The fraction of sp³-hybridized carbons (Fsp3) is 0.167. The van der Waals surface area contributed by atoms with E-state index in [0.29, 0.717) is 27.5 Å². The van der Waals surface area contributed by atoms with E-state index in [1.165, 1.54) is 18.4 Å². The first-order valence-electron chi connectivity index (χ1n) is 9.86. The number of hydrogen-bond acceptors (Lipinski definition) is 7. The maximum absolute atomic E-state index is 13.5. The quantitative estimate of drug-likeness (QED) is 0.401. The van der Waals surface area contributed by atoms with E-state index < -0.39 is 5.97 Å². The van der Waals surface area contributed by atoms with Gasteiger partial charge in [-0.2, -0.15) is 0 Å². The lowest BCUT2D eigenvalue weighted by Crippen LogP contribution is -2.30. The zero-order valence-corrected chi connectivity index (χ0v) is 18.7. The van der Waals surface area contributed by atoms with Crippen LogP contribution in [0.2, 0.25) is 0 Å². The molecule has 8 heteroatoms. The number of rotatable bonds is 6. The molecule has 0 radical (unpaired) electrons. The SMILES string of the molecule is COC(=O)c1ccc(C(=O)N(Cc2ccccn2)c2nc3c(OC)ccc(C)c3s2)cc1. The number of hydrogen-bond donors (Lipinski definition) is 0. The molecule has 0 atom stereocenters. The summed E-state index contributed by atoms with van der Waals surface area (Å²) in [6.07, 6.45) is 1.69. The second kappa shape index (κ2) is 9.15. The van der Waals surface area contributed by atoms with Crippen molar-refractivity contribution in [2.45, 2.75) is 13.5 Å². The van der Waals surface area contributed by atoms with Crippen molar-refractivity contribution in [2.24, 2.45) is 0 Å². The van der Waals surface area contributed by atoms with Gasteiger partial charge in [0.1, 0.15) is 11.3 Å². The monoisotopic (exact) mass is 447 g/mol. The Hall–Kier alpha value is -3.78. The highest BCUT2D eigenvalue weighted by Crippen LogP contribution is 2.37. The van der Waals surface area contributed by atoms with E-state index in [4.69, 9.17) is 14.5 Å². The molecule has 4 rings (SSSR count). The number of carbonyl (C=O) groups excluding carboxylic acids is 2. The Labute approximate surface area is 189 Å². The molecule has 162 valence electrons. The van der Waals surface area contributed by atoms with Gasteiger partial charge in [0, 0.05) is 11.8 Å². The smallest absolute Gasteiger partial charge is 0.337 e. The van der Waals surface area contributed by atoms with Gasteiger partial charge in [0.25, 0.3) is 5.91 Å². The van der Waals surface area contributed by atoms with Crippen molar-refractivity contribution in [3.05, 3.63) is 83.2 Å². The summed E-state index contributed by atoms with van der Waals surface area (Å²) < 4.78 is 11.2. The molecule has 2 aromatic heterocycles. The lowest BCUT2D eigenvalue weighted by atomic mass is 10.1. The van der Waals surface area contributed by atoms with Crippen LogP contribution in [0.25, 0.3) is 10.2 Å². The van der Waals surface area contributed by atoms with E-state index in [2.05, 4.69) is 4.98 Å². The number of aromatic nitrogens is 2. The van der Waals surface area contributed by atoms with Gasteiger partial charge in [-0.25, -0.2) is 9.78 Å². The Morgan fingerprint density at radius 1 is 1.00 bits per heavy atom. The summed E-state index contributed by atoms with van der Waals surface area (Å²) >= 11 is 1.43. The maximum Gasteiger partial charge on any atom is 0.337 e. The Balaban J connectivity index is 1.77. The average molecular weight is 448 g/mol. The first-order valence-corrected chi connectivity index (χ1v) is 10.7. The highest BCUT2D eigenvalue weighted by atomic mass is 32.1. The molecule has 0 aliphatic rings. The number of thiazole rings is 1. The number of aryl methyl sites for hydroxylation is 1. The number of amides is 1. The molecule has 0 aliphatic carbocycles. The van der Waals surface area contributed by atoms with Gasteiger partial charge in [-0.3, -0.25) is 14.7 Å². The van der Waals surface area contributed by atoms with Crippen LogP contribution < -0.4 is 9.64 Å². The Bertz CT molecular complexity index is 1270. The zero-order valence-electron chi connectivity index (χ0n) is 17.9. The van der Waals surface area contributed by atoms with E-state index in [-0.39, 0.29) is 12.5 Å². The summed E-state index contributed by atoms with van der Waals surface area (Å²) in [7, 11) is 2.92. The van der Waals surface area contributed by atoms with Crippen molar-refractivity contribution in [2.75, 3.05) is 19.1 Å². The fourth-order valence-corrected chi connectivity index (χ4v) is 4.33. The van der Waals surface area contributed by atoms with E-state index >= 15 is 0 Å². The Morgan fingerprint density at radius 2 is 1.75 bits per heavy atom. The van der Waals surface area contributed by atoms with Gasteiger partial charge < -0.3 is 9.47 Å². The number of methoxy groups -OCH3 is 2. The molecule has 2 heterocycles. The average Bonchev–Trinajstić information content (AvgIpc) is 3.29. The maximum atomic E-state index is 13.5. The molecule has 2 aromatic carbocycles. The van der Waals surface area contributed by atoms with E-state index in [0.717, 1.165) is 16.0 Å². The van der Waals surface area contributed by atoms with Gasteiger partial charge in [-0.15, -0.1) is 0 Å². The Kier molecular flexibility index (Phi) is 6.13. The number of ether oxygens (including phenoxy) is 2. The van der Waals surface area contributed by atoms with Crippen molar-refractivity contribution in [3.63, 3.8) is 0 Å². The second-order valence-corrected chi connectivity index (χ2v) is 8.02. The Morgan fingerprint density at radius 3 is 2.41 bits per heavy atom. The lowest BCUT2D eigenvalue weighted by Gasteiger charge is -2.19. The molecule has 1 amide bonds. The molecule has 7 nitrogen and oxygen atoms in total. The molecule has 0 fully saturated rings. The fourth-order valence-electron chi connectivity index (χ4n) is 3.28. The minimum Gasteiger partial charge on any atom is -0.494 e. The van der Waals surface area contributed by atoms with Crippen LogP contribution in [0.5, 0.6) is 5.75 Å². The van der Waals surface area contributed by atoms with E-state index in [9.17, 15) is 9.59 Å². The van der Waals surface area contributed by atoms with Crippen LogP contribution in [0.4, 0.5) is 5.13 Å². The van der Waals surface area contributed by atoms with Crippen molar-refractivity contribution in [3.8, 4) is 5.75 Å². The summed E-state index contributed by atoms with van der Waals surface area (Å²) in [5.41, 5.74) is 3.30. The third-order valence-electron chi connectivity index (χ3n) is 4.99. The molecule has 0 N–H and O–H groups in total. The number of carbonyl (C=O) groups is 2. The summed E-state index contributed by atoms with van der Waals surface area (Å²) in [6.45, 7) is 2.25. The first-order chi connectivity index (χ1) is 15.5. The predicted octanol–water partition coefficient (Wildman–Crippen LogP) is 4.64. The number of anilines is 1. The van der Waals surface area contributed by atoms with Gasteiger partial charge in [0.2, 0.25) is 0 Å². The topological polar surface area (TPSA) is 81.6 Å². The van der Waals surface area contributed by atoms with E-state index in [1.54, 1.807) is 42.5 Å². The third kappa shape index (κ3) is 4.17. The number of esters is 1. The van der Waals surface area contributed by atoms with Crippen LogP contribution in [0.15, 0.2) is 60.8 Å². The summed E-state index contributed by atoms with van der Waals surface area (Å²) in [5.74, 6) is -0.0494. The van der Waals surface area contributed by atoms with Gasteiger partial charge in [-0.1, -0.05) is 23.5 Å². The molecule has 0 aliphatic heterocycles. The van der Waals surface area contributed by atoms with Gasteiger partial charge in [0.05, 0.1) is 36.7 Å². The minimum atomic E-state index is -0.455. The zero-order chi connectivity index (χ0) is 22.7. The normalized spacial score (nSPS) is 10.7. The first kappa shape index (κ1) is 21.5. The number of fused-ring (bicyclic) bond motifs is 1. The number of benzene rings is 2. The van der Waals surface area contributed by atoms with Crippen LogP contribution in [-0.4, -0.2) is 36.1 Å². The van der Waals surface area contributed by atoms with Gasteiger partial charge >= 0.3 is 5.97 Å². The summed E-state index contributed by atoms with van der Waals surface area (Å²) in [5, 5.41) is 0.542.